The van der Waals surface area contributed by atoms with Gasteiger partial charge in [-0.15, -0.1) is 0 Å². The minimum Gasteiger partial charge on any atom is -0.481 e. The molecule has 1 aliphatic rings. The summed E-state index contributed by atoms with van der Waals surface area (Å²) in [5, 5.41) is 29.2. The average Bonchev–Trinajstić information content (AvgIpc) is 2.89. The number of unbranched alkanes of at least 4 members (excludes halogenated alkanes) is 5. The molecule has 4 unspecified atom stereocenters. The van der Waals surface area contributed by atoms with Gasteiger partial charge in [0.25, 0.3) is 0 Å². The molecule has 0 saturated carbocycles. The van der Waals surface area contributed by atoms with E-state index in [0.717, 1.165) is 63.5 Å². The number of aliphatic carboxylic acids is 1. The zero-order valence-corrected chi connectivity index (χ0v) is 15.7. The fourth-order valence-corrected chi connectivity index (χ4v) is 4.65. The highest BCUT2D eigenvalue weighted by Crippen LogP contribution is 2.37. The number of aliphatic hydroxyl groups is 2. The van der Waals surface area contributed by atoms with E-state index in [2.05, 4.69) is 6.92 Å². The lowest BCUT2D eigenvalue weighted by atomic mass is 9.94. The third kappa shape index (κ3) is 9.09. The van der Waals surface area contributed by atoms with Crippen molar-refractivity contribution in [3.8, 4) is 0 Å². The summed E-state index contributed by atoms with van der Waals surface area (Å²) in [6.45, 7) is 2.15. The Morgan fingerprint density at radius 2 is 1.96 bits per heavy atom. The molecule has 140 valence electrons. The van der Waals surface area contributed by atoms with Gasteiger partial charge in [-0.05, 0) is 19.3 Å². The van der Waals surface area contributed by atoms with E-state index in [4.69, 9.17) is 5.11 Å². The predicted molar refractivity (Wildman–Crippen MR) is 100 cm³/mol. The first-order valence-electron chi connectivity index (χ1n) is 9.42. The molecule has 0 radical (unpaired) electrons. The van der Waals surface area contributed by atoms with Gasteiger partial charge in [0.1, 0.15) is 0 Å². The molecule has 5 heteroatoms. The van der Waals surface area contributed by atoms with E-state index < -0.39 is 12.1 Å². The van der Waals surface area contributed by atoms with Crippen molar-refractivity contribution in [2.75, 3.05) is 5.75 Å². The molecule has 24 heavy (non-hydrogen) atoms. The van der Waals surface area contributed by atoms with Crippen molar-refractivity contribution in [2.24, 2.45) is 5.92 Å². The van der Waals surface area contributed by atoms with Gasteiger partial charge in [-0.25, -0.2) is 0 Å². The lowest BCUT2D eigenvalue weighted by Gasteiger charge is -2.18. The molecule has 1 saturated heterocycles. The summed E-state index contributed by atoms with van der Waals surface area (Å²) in [4.78, 5) is 10.5. The summed E-state index contributed by atoms with van der Waals surface area (Å²) in [7, 11) is 0. The van der Waals surface area contributed by atoms with Crippen molar-refractivity contribution in [2.45, 2.75) is 88.6 Å². The number of aliphatic hydroxyl groups excluding tert-OH is 2. The van der Waals surface area contributed by atoms with E-state index in [-0.39, 0.29) is 18.4 Å². The molecule has 1 fully saturated rings. The second kappa shape index (κ2) is 12.8. The lowest BCUT2D eigenvalue weighted by molar-refractivity contribution is -0.137. The van der Waals surface area contributed by atoms with Gasteiger partial charge in [-0.1, -0.05) is 57.6 Å². The molecule has 4 atom stereocenters. The highest BCUT2D eigenvalue weighted by Gasteiger charge is 2.33. The minimum absolute atomic E-state index is 0.134. The second-order valence-electron chi connectivity index (χ2n) is 6.81. The van der Waals surface area contributed by atoms with Gasteiger partial charge in [0, 0.05) is 23.3 Å². The first-order valence-corrected chi connectivity index (χ1v) is 10.5. The molecule has 1 rings (SSSR count). The number of hydrogen-bond acceptors (Lipinski definition) is 4. The molecular weight excluding hydrogens is 324 g/mol. The van der Waals surface area contributed by atoms with Crippen molar-refractivity contribution in [1.29, 1.82) is 0 Å². The number of carboxylic acid groups (broad SMARTS) is 1. The van der Waals surface area contributed by atoms with E-state index >= 15 is 0 Å². The van der Waals surface area contributed by atoms with Gasteiger partial charge in [0.05, 0.1) is 12.2 Å². The maximum atomic E-state index is 10.5. The van der Waals surface area contributed by atoms with Crippen molar-refractivity contribution in [1.82, 2.24) is 0 Å². The van der Waals surface area contributed by atoms with Crippen molar-refractivity contribution >= 4 is 17.7 Å². The minimum atomic E-state index is -0.716. The molecule has 0 amide bonds. The monoisotopic (exact) mass is 358 g/mol. The highest BCUT2D eigenvalue weighted by molar-refractivity contribution is 8.00. The first kappa shape index (κ1) is 21.5. The van der Waals surface area contributed by atoms with Gasteiger partial charge in [0.15, 0.2) is 0 Å². The molecule has 0 aliphatic carbocycles. The van der Waals surface area contributed by atoms with Crippen molar-refractivity contribution < 1.29 is 20.1 Å². The van der Waals surface area contributed by atoms with Crippen LogP contribution in [0.15, 0.2) is 12.2 Å². The van der Waals surface area contributed by atoms with Crippen molar-refractivity contribution in [3.63, 3.8) is 0 Å². The van der Waals surface area contributed by atoms with Gasteiger partial charge in [0.2, 0.25) is 0 Å². The smallest absolute Gasteiger partial charge is 0.303 e. The van der Waals surface area contributed by atoms with Crippen LogP contribution in [0.2, 0.25) is 0 Å². The predicted octanol–water partition coefficient (Wildman–Crippen LogP) is 4.00. The van der Waals surface area contributed by atoms with Crippen LogP contribution in [0.4, 0.5) is 0 Å². The van der Waals surface area contributed by atoms with Gasteiger partial charge in [-0.3, -0.25) is 4.79 Å². The largest absolute Gasteiger partial charge is 0.481 e. The molecule has 0 bridgehead atoms. The van der Waals surface area contributed by atoms with E-state index in [0.29, 0.717) is 5.25 Å². The third-order valence-corrected chi connectivity index (χ3v) is 6.15. The second-order valence-corrected chi connectivity index (χ2v) is 8.08. The van der Waals surface area contributed by atoms with Crippen LogP contribution in [0.1, 0.15) is 71.1 Å². The summed E-state index contributed by atoms with van der Waals surface area (Å²) in [5.74, 6) is 0.187. The number of carbonyl (C=O) groups is 1. The van der Waals surface area contributed by atoms with Crippen LogP contribution in [0.25, 0.3) is 0 Å². The number of rotatable bonds is 13. The van der Waals surface area contributed by atoms with E-state index in [1.807, 2.05) is 23.9 Å². The molecule has 0 aromatic rings. The zero-order chi connectivity index (χ0) is 17.8. The Morgan fingerprint density at radius 3 is 2.67 bits per heavy atom. The van der Waals surface area contributed by atoms with E-state index in [1.54, 1.807) is 0 Å². The Morgan fingerprint density at radius 1 is 1.21 bits per heavy atom. The summed E-state index contributed by atoms with van der Waals surface area (Å²) < 4.78 is 0. The summed E-state index contributed by atoms with van der Waals surface area (Å²) in [5.41, 5.74) is 0. The summed E-state index contributed by atoms with van der Waals surface area (Å²) in [6.07, 6.45) is 12.5. The van der Waals surface area contributed by atoms with Gasteiger partial charge >= 0.3 is 5.97 Å². The lowest BCUT2D eigenvalue weighted by Crippen LogP contribution is -2.22. The molecule has 0 aromatic heterocycles. The molecule has 0 spiro atoms. The quantitative estimate of drug-likeness (QED) is 0.343. The highest BCUT2D eigenvalue weighted by atomic mass is 32.2. The van der Waals surface area contributed by atoms with Crippen LogP contribution in [0, 0.1) is 5.92 Å². The average molecular weight is 359 g/mol. The van der Waals surface area contributed by atoms with E-state index in [1.165, 1.54) is 0 Å². The zero-order valence-electron chi connectivity index (χ0n) is 14.9. The Bertz CT molecular complexity index is 372. The Hall–Kier alpha value is -0.520. The van der Waals surface area contributed by atoms with Crippen molar-refractivity contribution in [3.05, 3.63) is 12.2 Å². The Balaban J connectivity index is 2.27. The fourth-order valence-electron chi connectivity index (χ4n) is 3.15. The first-order chi connectivity index (χ1) is 11.5. The maximum absolute atomic E-state index is 10.5. The van der Waals surface area contributed by atoms with Gasteiger partial charge in [-0.2, -0.15) is 11.8 Å². The molecule has 1 aliphatic heterocycles. The summed E-state index contributed by atoms with van der Waals surface area (Å²) in [6, 6.07) is 0. The van der Waals surface area contributed by atoms with Gasteiger partial charge < -0.3 is 15.3 Å². The van der Waals surface area contributed by atoms with E-state index in [9.17, 15) is 15.0 Å². The molecule has 4 nitrogen and oxygen atoms in total. The molecule has 3 N–H and O–H groups in total. The molecular formula is C19H34O4S. The third-order valence-electron chi connectivity index (χ3n) is 4.64. The topological polar surface area (TPSA) is 77.8 Å². The fraction of sp³-hybridized carbons (Fsp3) is 0.842. The number of carboxylic acids is 1. The maximum Gasteiger partial charge on any atom is 0.303 e. The van der Waals surface area contributed by atoms with Crippen LogP contribution in [-0.2, 0) is 4.79 Å². The number of hydrogen-bond donors (Lipinski definition) is 3. The van der Waals surface area contributed by atoms with Crippen LogP contribution < -0.4 is 0 Å². The van der Waals surface area contributed by atoms with Crippen LogP contribution in [-0.4, -0.2) is 44.5 Å². The van der Waals surface area contributed by atoms with Crippen LogP contribution >= 0.6 is 11.8 Å². The SMILES string of the molecule is CCCCCC(O)/C=C/C1C(O)CSC1CCCCCCC(=O)O. The van der Waals surface area contributed by atoms with Crippen LogP contribution in [0.5, 0.6) is 0 Å². The molecule has 1 heterocycles. The number of thioether (sulfide) groups is 1. The molecule has 0 aromatic carbocycles. The Labute approximate surface area is 150 Å². The Kier molecular flexibility index (Phi) is 11.5. The van der Waals surface area contributed by atoms with Crippen LogP contribution in [0.3, 0.4) is 0 Å². The normalized spacial score (nSPS) is 25.4. The summed E-state index contributed by atoms with van der Waals surface area (Å²) >= 11 is 1.82. The standard InChI is InChI=1S/C19H34O4S/c1-2-3-6-9-15(20)12-13-16-17(21)14-24-18(16)10-7-4-5-8-11-19(22)23/h12-13,15-18,20-21H,2-11,14H2,1H3,(H,22,23)/b13-12+.